The number of halogens is 1. The summed E-state index contributed by atoms with van der Waals surface area (Å²) >= 11 is 0. The molecule has 0 saturated carbocycles. The summed E-state index contributed by atoms with van der Waals surface area (Å²) in [5, 5.41) is 3.00. The van der Waals surface area contributed by atoms with Crippen LogP contribution < -0.4 is 5.32 Å². The maximum Gasteiger partial charge on any atom is 0.180 e. The number of rotatable bonds is 0. The zero-order valence-corrected chi connectivity index (χ0v) is 9.20. The Bertz CT molecular complexity index is 496. The van der Waals surface area contributed by atoms with Crippen molar-refractivity contribution in [3.8, 4) is 0 Å². The summed E-state index contributed by atoms with van der Waals surface area (Å²) < 4.78 is 36.8. The molecule has 15 heavy (non-hydrogen) atoms. The molecule has 1 aliphatic rings. The monoisotopic (exact) mass is 229 g/mol. The highest BCUT2D eigenvalue weighted by molar-refractivity contribution is 7.91. The van der Waals surface area contributed by atoms with Gasteiger partial charge in [0.05, 0.1) is 16.3 Å². The average molecular weight is 229 g/mol. The molecule has 0 amide bonds. The molecule has 0 saturated heterocycles. The lowest BCUT2D eigenvalue weighted by molar-refractivity contribution is 0.590. The zero-order valence-electron chi connectivity index (χ0n) is 8.38. The van der Waals surface area contributed by atoms with Gasteiger partial charge in [0.15, 0.2) is 9.84 Å². The van der Waals surface area contributed by atoms with E-state index in [2.05, 4.69) is 5.32 Å². The van der Waals surface area contributed by atoms with E-state index in [1.807, 2.05) is 0 Å². The third-order valence-electron chi connectivity index (χ3n) is 2.50. The summed E-state index contributed by atoms with van der Waals surface area (Å²) in [6, 6.07) is 2.66. The fourth-order valence-electron chi connectivity index (χ4n) is 1.65. The standard InChI is InChI=1S/C10H12FNO2S/c1-7-5-9-10(6-8(7)11)15(13,14)4-2-3-12-9/h5-6,12H,2-4H2,1H3. The average Bonchev–Trinajstić information content (AvgIpc) is 2.29. The molecule has 0 spiro atoms. The number of sulfone groups is 1. The van der Waals surface area contributed by atoms with Crippen molar-refractivity contribution < 1.29 is 12.8 Å². The van der Waals surface area contributed by atoms with Gasteiger partial charge in [-0.05, 0) is 31.0 Å². The molecule has 2 rings (SSSR count). The van der Waals surface area contributed by atoms with E-state index in [4.69, 9.17) is 0 Å². The van der Waals surface area contributed by atoms with Gasteiger partial charge in [0.25, 0.3) is 0 Å². The van der Waals surface area contributed by atoms with Gasteiger partial charge in [0, 0.05) is 6.54 Å². The molecule has 1 aromatic rings. The summed E-state index contributed by atoms with van der Waals surface area (Å²) in [5.74, 6) is -0.392. The van der Waals surface area contributed by atoms with Crippen LogP contribution in [0.3, 0.4) is 0 Å². The number of fused-ring (bicyclic) bond motifs is 1. The van der Waals surface area contributed by atoms with Crippen molar-refractivity contribution in [1.82, 2.24) is 0 Å². The second kappa shape index (κ2) is 3.48. The molecule has 1 aliphatic heterocycles. The van der Waals surface area contributed by atoms with Crippen LogP contribution in [-0.4, -0.2) is 20.7 Å². The molecule has 1 heterocycles. The summed E-state index contributed by atoms with van der Waals surface area (Å²) in [6.07, 6.45) is 0.553. The van der Waals surface area contributed by atoms with Crippen molar-refractivity contribution in [3.05, 3.63) is 23.5 Å². The van der Waals surface area contributed by atoms with Gasteiger partial charge in [-0.1, -0.05) is 0 Å². The van der Waals surface area contributed by atoms with E-state index in [1.165, 1.54) is 0 Å². The Kier molecular flexibility index (Phi) is 2.42. The third-order valence-corrected chi connectivity index (χ3v) is 4.34. The summed E-state index contributed by atoms with van der Waals surface area (Å²) in [7, 11) is -3.32. The van der Waals surface area contributed by atoms with Gasteiger partial charge < -0.3 is 5.32 Å². The first kappa shape index (κ1) is 10.4. The molecule has 1 N–H and O–H groups in total. The quantitative estimate of drug-likeness (QED) is 0.737. The Morgan fingerprint density at radius 1 is 1.40 bits per heavy atom. The number of benzene rings is 1. The second-order valence-electron chi connectivity index (χ2n) is 3.70. The van der Waals surface area contributed by atoms with Crippen molar-refractivity contribution in [2.24, 2.45) is 0 Å². The molecule has 1 aromatic carbocycles. The number of anilines is 1. The third kappa shape index (κ3) is 1.84. The fraction of sp³-hybridized carbons (Fsp3) is 0.400. The largest absolute Gasteiger partial charge is 0.384 e. The van der Waals surface area contributed by atoms with Crippen molar-refractivity contribution in [3.63, 3.8) is 0 Å². The Morgan fingerprint density at radius 3 is 2.87 bits per heavy atom. The molecule has 0 radical (unpaired) electrons. The summed E-state index contributed by atoms with van der Waals surface area (Å²) in [6.45, 7) is 2.23. The van der Waals surface area contributed by atoms with Crippen molar-refractivity contribution in [2.75, 3.05) is 17.6 Å². The van der Waals surface area contributed by atoms with Crippen LogP contribution in [0.5, 0.6) is 0 Å². The van der Waals surface area contributed by atoms with E-state index in [9.17, 15) is 12.8 Å². The predicted molar refractivity (Wildman–Crippen MR) is 56.3 cm³/mol. The van der Waals surface area contributed by atoms with Crippen LogP contribution in [0.1, 0.15) is 12.0 Å². The van der Waals surface area contributed by atoms with Gasteiger partial charge in [0.1, 0.15) is 5.82 Å². The molecule has 3 nitrogen and oxygen atoms in total. The second-order valence-corrected chi connectivity index (χ2v) is 5.77. The van der Waals surface area contributed by atoms with Gasteiger partial charge in [0.2, 0.25) is 0 Å². The molecular formula is C10H12FNO2S. The normalized spacial score (nSPS) is 18.8. The first-order valence-corrected chi connectivity index (χ1v) is 6.43. The lowest BCUT2D eigenvalue weighted by Crippen LogP contribution is -2.06. The van der Waals surface area contributed by atoms with E-state index >= 15 is 0 Å². The van der Waals surface area contributed by atoms with Crippen molar-refractivity contribution >= 4 is 15.5 Å². The number of hydrogen-bond donors (Lipinski definition) is 1. The lowest BCUT2D eigenvalue weighted by Gasteiger charge is -2.08. The van der Waals surface area contributed by atoms with Crippen LogP contribution >= 0.6 is 0 Å². The van der Waals surface area contributed by atoms with Gasteiger partial charge in [-0.3, -0.25) is 0 Å². The van der Waals surface area contributed by atoms with Crippen LogP contribution in [0.4, 0.5) is 10.1 Å². The van der Waals surface area contributed by atoms with E-state index in [1.54, 1.807) is 13.0 Å². The number of nitrogens with one attached hydrogen (secondary N) is 1. The molecule has 0 unspecified atom stereocenters. The topological polar surface area (TPSA) is 46.2 Å². The van der Waals surface area contributed by atoms with E-state index in [-0.39, 0.29) is 10.6 Å². The summed E-state index contributed by atoms with van der Waals surface area (Å²) in [5.41, 5.74) is 0.977. The minimum absolute atomic E-state index is 0.0789. The molecule has 0 fully saturated rings. The van der Waals surface area contributed by atoms with Crippen molar-refractivity contribution in [1.29, 1.82) is 0 Å². The zero-order chi connectivity index (χ0) is 11.1. The van der Waals surface area contributed by atoms with Gasteiger partial charge in [-0.2, -0.15) is 0 Å². The van der Waals surface area contributed by atoms with Crippen LogP contribution in [0.15, 0.2) is 17.0 Å². The molecular weight excluding hydrogens is 217 g/mol. The van der Waals surface area contributed by atoms with Gasteiger partial charge >= 0.3 is 0 Å². The van der Waals surface area contributed by atoms with E-state index in [0.29, 0.717) is 24.2 Å². The minimum atomic E-state index is -3.32. The van der Waals surface area contributed by atoms with Gasteiger partial charge in [-0.25, -0.2) is 12.8 Å². The van der Waals surface area contributed by atoms with Gasteiger partial charge in [-0.15, -0.1) is 0 Å². The molecule has 82 valence electrons. The highest BCUT2D eigenvalue weighted by atomic mass is 32.2. The van der Waals surface area contributed by atoms with E-state index < -0.39 is 15.7 Å². The molecule has 0 aromatic heterocycles. The molecule has 0 aliphatic carbocycles. The predicted octanol–water partition coefficient (Wildman–Crippen LogP) is 1.72. The smallest absolute Gasteiger partial charge is 0.180 e. The fourth-order valence-corrected chi connectivity index (χ4v) is 3.15. The minimum Gasteiger partial charge on any atom is -0.384 e. The first-order chi connectivity index (χ1) is 7.00. The maximum absolute atomic E-state index is 13.3. The van der Waals surface area contributed by atoms with E-state index in [0.717, 1.165) is 6.07 Å². The SMILES string of the molecule is Cc1cc2c(cc1F)S(=O)(=O)CCCN2. The Morgan fingerprint density at radius 2 is 2.13 bits per heavy atom. The van der Waals surface area contributed by atoms with Crippen LogP contribution in [-0.2, 0) is 9.84 Å². The van der Waals surface area contributed by atoms with Crippen LogP contribution in [0.25, 0.3) is 0 Å². The Balaban J connectivity index is 2.68. The molecule has 0 atom stereocenters. The number of hydrogen-bond acceptors (Lipinski definition) is 3. The molecule has 5 heteroatoms. The summed E-state index contributed by atoms with van der Waals surface area (Å²) in [4.78, 5) is 0.0862. The highest BCUT2D eigenvalue weighted by Crippen LogP contribution is 2.28. The Hall–Kier alpha value is -1.10. The number of aryl methyl sites for hydroxylation is 1. The lowest BCUT2D eigenvalue weighted by atomic mass is 10.2. The molecule has 0 bridgehead atoms. The van der Waals surface area contributed by atoms with Crippen LogP contribution in [0, 0.1) is 12.7 Å². The highest BCUT2D eigenvalue weighted by Gasteiger charge is 2.22. The Labute approximate surface area is 88.2 Å². The first-order valence-electron chi connectivity index (χ1n) is 4.77. The van der Waals surface area contributed by atoms with Crippen molar-refractivity contribution in [2.45, 2.75) is 18.2 Å². The van der Waals surface area contributed by atoms with Crippen LogP contribution in [0.2, 0.25) is 0 Å². The maximum atomic E-state index is 13.3.